The zero-order valence-corrected chi connectivity index (χ0v) is 26.6. The molecule has 4 heteroatoms. The van der Waals surface area contributed by atoms with Crippen LogP contribution in [0.1, 0.15) is 155 Å². The summed E-state index contributed by atoms with van der Waals surface area (Å²) in [7, 11) is 0. The van der Waals surface area contributed by atoms with Gasteiger partial charge in [0.1, 0.15) is 6.10 Å². The Labute approximate surface area is 253 Å². The summed E-state index contributed by atoms with van der Waals surface area (Å²) < 4.78 is 5.88. The molecule has 0 spiro atoms. The molecule has 0 heterocycles. The van der Waals surface area contributed by atoms with Gasteiger partial charge >= 0.3 is 11.9 Å². The maximum absolute atomic E-state index is 12.4. The highest BCUT2D eigenvalue weighted by atomic mass is 16.5. The molecule has 0 aromatic heterocycles. The average Bonchev–Trinajstić information content (AvgIpc) is 2.95. The number of carbonyl (C=O) groups excluding carboxylic acids is 1. The Hall–Kier alpha value is -2.36. The fraction of sp³-hybridized carbons (Fsp3) is 0.676. The Bertz CT molecular complexity index is 744. The molecule has 234 valence electrons. The van der Waals surface area contributed by atoms with E-state index in [4.69, 9.17) is 9.84 Å². The van der Waals surface area contributed by atoms with Gasteiger partial charge in [-0.3, -0.25) is 9.59 Å². The first-order chi connectivity index (χ1) is 20.1. The van der Waals surface area contributed by atoms with Crippen LogP contribution in [0.15, 0.2) is 60.8 Å². The number of unbranched alkanes of at least 4 members (excludes halogenated alkanes) is 10. The Balaban J connectivity index is 3.93. The maximum atomic E-state index is 12.4. The minimum atomic E-state index is -0.690. The first kappa shape index (κ1) is 38.6. The van der Waals surface area contributed by atoms with Crippen LogP contribution in [0.2, 0.25) is 0 Å². The molecular formula is C37H62O4. The van der Waals surface area contributed by atoms with E-state index in [1.807, 2.05) is 0 Å². The van der Waals surface area contributed by atoms with E-state index in [2.05, 4.69) is 74.6 Å². The third kappa shape index (κ3) is 32.0. The van der Waals surface area contributed by atoms with E-state index < -0.39 is 5.97 Å². The number of carboxylic acid groups (broad SMARTS) is 1. The second-order valence-corrected chi connectivity index (χ2v) is 11.0. The van der Waals surface area contributed by atoms with Crippen LogP contribution in [0.4, 0.5) is 0 Å². The molecule has 0 bridgehead atoms. The zero-order valence-electron chi connectivity index (χ0n) is 26.6. The van der Waals surface area contributed by atoms with Crippen molar-refractivity contribution in [2.24, 2.45) is 0 Å². The van der Waals surface area contributed by atoms with Gasteiger partial charge in [-0.2, -0.15) is 0 Å². The number of ether oxygens (including phenoxy) is 1. The van der Waals surface area contributed by atoms with Crippen LogP contribution >= 0.6 is 0 Å². The molecular weight excluding hydrogens is 508 g/mol. The molecule has 1 N–H and O–H groups in total. The average molecular weight is 571 g/mol. The highest BCUT2D eigenvalue weighted by Gasteiger charge is 2.13. The van der Waals surface area contributed by atoms with Crippen molar-refractivity contribution < 1.29 is 19.4 Å². The quantitative estimate of drug-likeness (QED) is 0.0552. The molecule has 0 saturated carbocycles. The SMILES string of the molecule is CC/C=C\C/C=C\C/C=C\C/C=C\C/C=C\CCCC(=O)OC(CCCCC)CCCCCCCCCCC(=O)O. The van der Waals surface area contributed by atoms with E-state index >= 15 is 0 Å². The molecule has 0 amide bonds. The molecule has 4 nitrogen and oxygen atoms in total. The summed E-state index contributed by atoms with van der Waals surface area (Å²) in [6, 6.07) is 0. The van der Waals surface area contributed by atoms with Crippen LogP contribution in [0.3, 0.4) is 0 Å². The van der Waals surface area contributed by atoms with Gasteiger partial charge in [0.2, 0.25) is 0 Å². The molecule has 0 fully saturated rings. The lowest BCUT2D eigenvalue weighted by Gasteiger charge is -2.18. The van der Waals surface area contributed by atoms with Gasteiger partial charge in [0.15, 0.2) is 0 Å². The summed E-state index contributed by atoms with van der Waals surface area (Å²) in [5.74, 6) is -0.732. The first-order valence-electron chi connectivity index (χ1n) is 16.8. The largest absolute Gasteiger partial charge is 0.481 e. The van der Waals surface area contributed by atoms with Crippen molar-refractivity contribution in [2.45, 2.75) is 161 Å². The van der Waals surface area contributed by atoms with Gasteiger partial charge in [-0.1, -0.05) is 126 Å². The van der Waals surface area contributed by atoms with Crippen LogP contribution < -0.4 is 0 Å². The van der Waals surface area contributed by atoms with Gasteiger partial charge in [0.05, 0.1) is 0 Å². The van der Waals surface area contributed by atoms with Crippen LogP contribution in [-0.2, 0) is 14.3 Å². The molecule has 0 rings (SSSR count). The second kappa shape index (κ2) is 32.2. The van der Waals surface area contributed by atoms with E-state index in [9.17, 15) is 9.59 Å². The number of rotatable bonds is 29. The Morgan fingerprint density at radius 3 is 1.54 bits per heavy atom. The first-order valence-corrected chi connectivity index (χ1v) is 16.8. The third-order valence-corrected chi connectivity index (χ3v) is 7.00. The van der Waals surface area contributed by atoms with Crippen molar-refractivity contribution in [1.82, 2.24) is 0 Å². The van der Waals surface area contributed by atoms with Gasteiger partial charge < -0.3 is 9.84 Å². The van der Waals surface area contributed by atoms with Crippen molar-refractivity contribution >= 4 is 11.9 Å². The van der Waals surface area contributed by atoms with Crippen LogP contribution in [-0.4, -0.2) is 23.1 Å². The predicted octanol–water partition coefficient (Wildman–Crippen LogP) is 11.4. The number of hydrogen-bond acceptors (Lipinski definition) is 3. The summed E-state index contributed by atoms with van der Waals surface area (Å²) in [6.07, 6.45) is 44.0. The second-order valence-electron chi connectivity index (χ2n) is 11.0. The minimum absolute atomic E-state index is 0.0415. The smallest absolute Gasteiger partial charge is 0.306 e. The fourth-order valence-electron chi connectivity index (χ4n) is 4.57. The van der Waals surface area contributed by atoms with Crippen molar-refractivity contribution in [3.63, 3.8) is 0 Å². The van der Waals surface area contributed by atoms with Gasteiger partial charge in [-0.15, -0.1) is 0 Å². The summed E-state index contributed by atoms with van der Waals surface area (Å²) in [6.45, 7) is 4.36. The summed E-state index contributed by atoms with van der Waals surface area (Å²) in [5, 5.41) is 8.68. The monoisotopic (exact) mass is 570 g/mol. The molecule has 0 saturated heterocycles. The van der Waals surface area contributed by atoms with Crippen LogP contribution in [0, 0.1) is 0 Å². The highest BCUT2D eigenvalue weighted by Crippen LogP contribution is 2.17. The van der Waals surface area contributed by atoms with E-state index in [0.717, 1.165) is 89.9 Å². The molecule has 0 aromatic carbocycles. The van der Waals surface area contributed by atoms with Gasteiger partial charge in [0.25, 0.3) is 0 Å². The number of hydrogen-bond donors (Lipinski definition) is 1. The molecule has 0 radical (unpaired) electrons. The molecule has 0 aliphatic heterocycles. The number of aliphatic carboxylic acids is 1. The molecule has 1 unspecified atom stereocenters. The zero-order chi connectivity index (χ0) is 30.1. The lowest BCUT2D eigenvalue weighted by atomic mass is 10.0. The third-order valence-electron chi connectivity index (χ3n) is 7.00. The van der Waals surface area contributed by atoms with E-state index in [-0.39, 0.29) is 12.1 Å². The highest BCUT2D eigenvalue weighted by molar-refractivity contribution is 5.69. The summed E-state index contributed by atoms with van der Waals surface area (Å²) >= 11 is 0. The van der Waals surface area contributed by atoms with Crippen LogP contribution in [0.25, 0.3) is 0 Å². The van der Waals surface area contributed by atoms with E-state index in [1.54, 1.807) is 0 Å². The van der Waals surface area contributed by atoms with Crippen molar-refractivity contribution in [2.75, 3.05) is 0 Å². The number of allylic oxidation sites excluding steroid dienone is 10. The van der Waals surface area contributed by atoms with E-state index in [1.165, 1.54) is 38.5 Å². The Morgan fingerprint density at radius 2 is 1.02 bits per heavy atom. The molecule has 0 aliphatic rings. The standard InChI is InChI=1S/C37H62O4/c1-3-5-7-8-9-10-11-12-13-14-15-16-17-18-23-26-30-34-37(40)41-35(31-27-6-4-2)32-28-24-21-19-20-22-25-29-33-36(38)39/h5,7,9-10,12-13,15-16,18,23,35H,3-4,6,8,11,14,17,19-22,24-34H2,1-2H3,(H,38,39)/b7-5-,10-9-,13-12-,16-15-,23-18-. The maximum Gasteiger partial charge on any atom is 0.306 e. The van der Waals surface area contributed by atoms with E-state index in [0.29, 0.717) is 12.8 Å². The van der Waals surface area contributed by atoms with Crippen molar-refractivity contribution in [3.8, 4) is 0 Å². The molecule has 1 atom stereocenters. The molecule has 0 aromatic rings. The Morgan fingerprint density at radius 1 is 0.561 bits per heavy atom. The van der Waals surface area contributed by atoms with Gasteiger partial charge in [-0.05, 0) is 77.0 Å². The fourth-order valence-corrected chi connectivity index (χ4v) is 4.57. The number of carboxylic acids is 1. The summed E-state index contributed by atoms with van der Waals surface area (Å²) in [5.41, 5.74) is 0. The normalized spacial score (nSPS) is 13.0. The topological polar surface area (TPSA) is 63.6 Å². The molecule has 0 aliphatic carbocycles. The number of esters is 1. The minimum Gasteiger partial charge on any atom is -0.481 e. The Kier molecular flexibility index (Phi) is 30.3. The van der Waals surface area contributed by atoms with Gasteiger partial charge in [-0.25, -0.2) is 0 Å². The van der Waals surface area contributed by atoms with Crippen molar-refractivity contribution in [1.29, 1.82) is 0 Å². The van der Waals surface area contributed by atoms with Crippen molar-refractivity contribution in [3.05, 3.63) is 60.8 Å². The lowest BCUT2D eigenvalue weighted by molar-refractivity contribution is -0.150. The van der Waals surface area contributed by atoms with Crippen LogP contribution in [0.5, 0.6) is 0 Å². The number of carbonyl (C=O) groups is 2. The lowest BCUT2D eigenvalue weighted by Crippen LogP contribution is -2.18. The predicted molar refractivity (Wildman–Crippen MR) is 176 cm³/mol. The summed E-state index contributed by atoms with van der Waals surface area (Å²) in [4.78, 5) is 23.0. The molecule has 41 heavy (non-hydrogen) atoms. The van der Waals surface area contributed by atoms with Gasteiger partial charge in [0, 0.05) is 12.8 Å².